The van der Waals surface area contributed by atoms with Crippen molar-refractivity contribution in [1.82, 2.24) is 5.32 Å². The van der Waals surface area contributed by atoms with Crippen LogP contribution in [0.1, 0.15) is 21.5 Å². The summed E-state index contributed by atoms with van der Waals surface area (Å²) in [5.74, 6) is -0.529. The monoisotopic (exact) mass is 368 g/mol. The van der Waals surface area contributed by atoms with E-state index >= 15 is 0 Å². The maximum Gasteiger partial charge on any atom is 0.264 e. The highest BCUT2D eigenvalue weighted by Crippen LogP contribution is 2.31. The number of carbonyl (C=O) groups excluding carboxylic acids is 2. The molecule has 0 unspecified atom stereocenters. The molecule has 0 fully saturated rings. The van der Waals surface area contributed by atoms with Gasteiger partial charge in [0.2, 0.25) is 5.78 Å². The zero-order chi connectivity index (χ0) is 19.3. The summed E-state index contributed by atoms with van der Waals surface area (Å²) in [5.41, 5.74) is 3.45. The predicted octanol–water partition coefficient (Wildman–Crippen LogP) is 4.09. The molecule has 1 aliphatic rings. The molecular weight excluding hydrogens is 348 g/mol. The number of Topliss-reactive ketones (excluding diaryl/α,β-unsaturated/α-hetero) is 1. The van der Waals surface area contributed by atoms with E-state index in [0.29, 0.717) is 24.3 Å². The van der Waals surface area contributed by atoms with E-state index < -0.39 is 0 Å². The Morgan fingerprint density at radius 2 is 1.36 bits per heavy atom. The third kappa shape index (κ3) is 3.58. The lowest BCUT2D eigenvalue weighted by Gasteiger charge is -2.30. The van der Waals surface area contributed by atoms with Gasteiger partial charge in [-0.2, -0.15) is 0 Å². The summed E-state index contributed by atoms with van der Waals surface area (Å²) in [6.45, 7) is 0.964. The number of para-hydroxylation sites is 1. The summed E-state index contributed by atoms with van der Waals surface area (Å²) in [7, 11) is 0. The Kier molecular flexibility index (Phi) is 5.02. The van der Waals surface area contributed by atoms with Gasteiger partial charge in [0.25, 0.3) is 5.91 Å². The van der Waals surface area contributed by atoms with Crippen LogP contribution in [0.15, 0.2) is 96.7 Å². The van der Waals surface area contributed by atoms with Gasteiger partial charge >= 0.3 is 0 Å². The van der Waals surface area contributed by atoms with Gasteiger partial charge in [0.05, 0.1) is 12.2 Å². The fraction of sp³-hybridized carbons (Fsp3) is 0.0833. The summed E-state index contributed by atoms with van der Waals surface area (Å²) in [4.78, 5) is 27.7. The number of ketones is 1. The fourth-order valence-electron chi connectivity index (χ4n) is 3.32. The first-order chi connectivity index (χ1) is 13.7. The van der Waals surface area contributed by atoms with Crippen LogP contribution in [-0.2, 0) is 17.9 Å². The molecular formula is C24H20N2O2. The number of hydrogen-bond donors (Lipinski definition) is 1. The van der Waals surface area contributed by atoms with E-state index in [2.05, 4.69) is 5.32 Å². The van der Waals surface area contributed by atoms with Crippen molar-refractivity contribution in [2.75, 3.05) is 4.90 Å². The van der Waals surface area contributed by atoms with Gasteiger partial charge in [-0.15, -0.1) is 0 Å². The second-order valence-corrected chi connectivity index (χ2v) is 6.65. The molecule has 4 nitrogen and oxygen atoms in total. The van der Waals surface area contributed by atoms with Crippen LogP contribution in [0.5, 0.6) is 0 Å². The van der Waals surface area contributed by atoms with Crippen molar-refractivity contribution in [2.45, 2.75) is 13.1 Å². The number of anilines is 1. The second-order valence-electron chi connectivity index (χ2n) is 6.65. The smallest absolute Gasteiger partial charge is 0.264 e. The first-order valence-electron chi connectivity index (χ1n) is 9.21. The van der Waals surface area contributed by atoms with E-state index in [0.717, 1.165) is 11.1 Å². The largest absolute Gasteiger partial charge is 0.386 e. The summed E-state index contributed by atoms with van der Waals surface area (Å²) in [6.07, 6.45) is 1.55. The van der Waals surface area contributed by atoms with Gasteiger partial charge in [-0.1, -0.05) is 72.8 Å². The molecule has 0 radical (unpaired) electrons. The Morgan fingerprint density at radius 1 is 0.750 bits per heavy atom. The molecule has 0 saturated heterocycles. The molecule has 1 amide bonds. The number of fused-ring (bicyclic) bond motifs is 1. The summed E-state index contributed by atoms with van der Waals surface area (Å²) in [5, 5.41) is 3.12. The number of hydrogen-bond acceptors (Lipinski definition) is 3. The summed E-state index contributed by atoms with van der Waals surface area (Å²) in [6, 6.07) is 26.9. The summed E-state index contributed by atoms with van der Waals surface area (Å²) < 4.78 is 0. The lowest BCUT2D eigenvalue weighted by Crippen LogP contribution is -2.39. The van der Waals surface area contributed by atoms with Gasteiger partial charge in [-0.05, 0) is 23.3 Å². The molecule has 0 atom stereocenters. The van der Waals surface area contributed by atoms with Gasteiger partial charge in [0, 0.05) is 18.3 Å². The Labute approximate surface area is 164 Å². The first-order valence-corrected chi connectivity index (χ1v) is 9.21. The number of benzene rings is 3. The van der Waals surface area contributed by atoms with Crippen LogP contribution in [0.3, 0.4) is 0 Å². The fourth-order valence-corrected chi connectivity index (χ4v) is 3.32. The topological polar surface area (TPSA) is 49.4 Å². The SMILES string of the molecule is O=C1/C(=C\NCc2ccccc2)C(=O)N(Cc2ccccc2)c2ccccc21. The Morgan fingerprint density at radius 3 is 2.07 bits per heavy atom. The maximum absolute atomic E-state index is 13.1. The molecule has 1 N–H and O–H groups in total. The number of rotatable bonds is 5. The van der Waals surface area contributed by atoms with Crippen LogP contribution in [-0.4, -0.2) is 11.7 Å². The molecule has 3 aromatic rings. The van der Waals surface area contributed by atoms with Gasteiger partial charge in [-0.3, -0.25) is 9.59 Å². The normalized spacial score (nSPS) is 14.9. The Hall–Kier alpha value is -3.66. The van der Waals surface area contributed by atoms with Gasteiger partial charge < -0.3 is 10.2 Å². The second kappa shape index (κ2) is 7.92. The average molecular weight is 368 g/mol. The van der Waals surface area contributed by atoms with Gasteiger partial charge in [0.1, 0.15) is 5.57 Å². The van der Waals surface area contributed by atoms with E-state index in [1.807, 2.05) is 78.9 Å². The van der Waals surface area contributed by atoms with Gasteiger partial charge in [0.15, 0.2) is 0 Å². The number of amides is 1. The predicted molar refractivity (Wildman–Crippen MR) is 110 cm³/mol. The minimum atomic E-state index is -0.284. The number of nitrogens with zero attached hydrogens (tertiary/aromatic N) is 1. The van der Waals surface area contributed by atoms with Crippen molar-refractivity contribution < 1.29 is 9.59 Å². The maximum atomic E-state index is 13.1. The molecule has 4 rings (SSSR count). The van der Waals surface area contributed by atoms with Crippen molar-refractivity contribution in [1.29, 1.82) is 0 Å². The lowest BCUT2D eigenvalue weighted by molar-refractivity contribution is -0.115. The third-order valence-electron chi connectivity index (χ3n) is 4.74. The number of carbonyl (C=O) groups is 2. The van der Waals surface area contributed by atoms with Crippen LogP contribution in [0.4, 0.5) is 5.69 Å². The van der Waals surface area contributed by atoms with Crippen LogP contribution in [0.25, 0.3) is 0 Å². The van der Waals surface area contributed by atoms with Crippen molar-refractivity contribution >= 4 is 17.4 Å². The molecule has 0 aromatic heterocycles. The molecule has 0 saturated carbocycles. The first kappa shape index (κ1) is 17.7. The molecule has 0 bridgehead atoms. The van der Waals surface area contributed by atoms with E-state index in [1.165, 1.54) is 0 Å². The standard InChI is InChI=1S/C24H20N2O2/c27-23-20-13-7-8-14-22(20)26(17-19-11-5-2-6-12-19)24(28)21(23)16-25-15-18-9-3-1-4-10-18/h1-14,16,25H,15,17H2/b21-16+. The van der Waals surface area contributed by atoms with Crippen LogP contribution < -0.4 is 10.2 Å². The molecule has 0 spiro atoms. The zero-order valence-corrected chi connectivity index (χ0v) is 15.3. The molecule has 4 heteroatoms. The van der Waals surface area contributed by atoms with Crippen molar-refractivity contribution in [2.24, 2.45) is 0 Å². The van der Waals surface area contributed by atoms with E-state index in [9.17, 15) is 9.59 Å². The summed E-state index contributed by atoms with van der Waals surface area (Å²) >= 11 is 0. The number of nitrogens with one attached hydrogen (secondary N) is 1. The highest BCUT2D eigenvalue weighted by Gasteiger charge is 2.34. The molecule has 28 heavy (non-hydrogen) atoms. The molecule has 138 valence electrons. The third-order valence-corrected chi connectivity index (χ3v) is 4.74. The van der Waals surface area contributed by atoms with E-state index in [1.54, 1.807) is 17.2 Å². The minimum absolute atomic E-state index is 0.158. The lowest BCUT2D eigenvalue weighted by atomic mass is 9.95. The van der Waals surface area contributed by atoms with Crippen LogP contribution in [0.2, 0.25) is 0 Å². The van der Waals surface area contributed by atoms with Crippen LogP contribution >= 0.6 is 0 Å². The zero-order valence-electron chi connectivity index (χ0n) is 15.3. The molecule has 0 aliphatic carbocycles. The highest BCUT2D eigenvalue weighted by atomic mass is 16.2. The molecule has 1 aliphatic heterocycles. The Balaban J connectivity index is 1.63. The van der Waals surface area contributed by atoms with E-state index in [-0.39, 0.29) is 17.3 Å². The van der Waals surface area contributed by atoms with Crippen molar-refractivity contribution in [3.63, 3.8) is 0 Å². The average Bonchev–Trinajstić information content (AvgIpc) is 2.75. The van der Waals surface area contributed by atoms with Crippen molar-refractivity contribution in [3.05, 3.63) is 113 Å². The van der Waals surface area contributed by atoms with E-state index in [4.69, 9.17) is 0 Å². The molecule has 3 aromatic carbocycles. The van der Waals surface area contributed by atoms with Crippen molar-refractivity contribution in [3.8, 4) is 0 Å². The highest BCUT2D eigenvalue weighted by molar-refractivity contribution is 6.34. The van der Waals surface area contributed by atoms with Crippen LogP contribution in [0, 0.1) is 0 Å². The Bertz CT molecular complexity index is 1030. The molecule has 1 heterocycles. The minimum Gasteiger partial charge on any atom is -0.386 e. The quantitative estimate of drug-likeness (QED) is 0.545. The van der Waals surface area contributed by atoms with Gasteiger partial charge in [-0.25, -0.2) is 0 Å².